The van der Waals surface area contributed by atoms with E-state index in [0.29, 0.717) is 5.69 Å². The molecule has 1 heterocycles. The molecule has 0 spiro atoms. The zero-order chi connectivity index (χ0) is 9.84. The van der Waals surface area contributed by atoms with Crippen LogP contribution in [-0.4, -0.2) is 17.6 Å². The largest absolute Gasteiger partial charge is 1.00 e. The average Bonchev–Trinajstić information content (AvgIpc) is 2.04. The molecule has 0 fully saturated rings. The van der Waals surface area contributed by atoms with Gasteiger partial charge in [0, 0.05) is 0 Å². The van der Waals surface area contributed by atoms with Gasteiger partial charge in [-0.1, -0.05) is 11.9 Å². The monoisotopic (exact) mass is 204 g/mol. The Kier molecular flexibility index (Phi) is 5.68. The van der Waals surface area contributed by atoms with Crippen LogP contribution in [0.3, 0.4) is 0 Å². The zero-order valence-corrected chi connectivity index (χ0v) is 10.4. The molecule has 1 aromatic heterocycles. The van der Waals surface area contributed by atoms with Crippen LogP contribution in [0.4, 0.5) is 0 Å². The summed E-state index contributed by atoms with van der Waals surface area (Å²) in [7, 11) is 0. The fraction of sp³-hybridized carbons (Fsp3) is 0.375. The molecule has 5 nitrogen and oxygen atoms in total. The molecule has 0 aliphatic rings. The Hall–Kier alpha value is -0.650. The summed E-state index contributed by atoms with van der Waals surface area (Å²) in [4.78, 5) is 28.7. The minimum Gasteiger partial charge on any atom is -0.462 e. The summed E-state index contributed by atoms with van der Waals surface area (Å²) in [5, 5.41) is 0. The van der Waals surface area contributed by atoms with E-state index < -0.39 is 11.7 Å². The molecule has 0 saturated heterocycles. The van der Waals surface area contributed by atoms with Gasteiger partial charge in [0.05, 0.1) is 12.2 Å². The number of carbonyl (C=O) groups is 1. The van der Waals surface area contributed by atoms with E-state index in [1.807, 2.05) is 0 Å². The molecule has 0 aromatic carbocycles. The van der Waals surface area contributed by atoms with Crippen molar-refractivity contribution < 1.29 is 39.1 Å². The summed E-state index contributed by atoms with van der Waals surface area (Å²) in [5.41, 5.74) is -0.00884. The van der Waals surface area contributed by atoms with Crippen LogP contribution in [0.5, 0.6) is 0 Å². The molecule has 0 bridgehead atoms. The third-order valence-corrected chi connectivity index (χ3v) is 1.45. The van der Waals surface area contributed by atoms with Gasteiger partial charge in [0.2, 0.25) is 0 Å². The van der Waals surface area contributed by atoms with Crippen LogP contribution in [-0.2, 0) is 4.74 Å². The molecule has 0 aliphatic carbocycles. The van der Waals surface area contributed by atoms with Gasteiger partial charge in [-0.3, -0.25) is 4.79 Å². The van der Waals surface area contributed by atoms with Crippen molar-refractivity contribution in [1.82, 2.24) is 9.97 Å². The molecule has 1 aromatic rings. The van der Waals surface area contributed by atoms with Gasteiger partial charge in [0.15, 0.2) is 5.69 Å². The number of aromatic nitrogens is 2. The average molecular weight is 204 g/mol. The molecule has 0 amide bonds. The SMILES string of the molecule is CCOC(=O)c1cnc(=O)[n-]c1C.[Na+]. The smallest absolute Gasteiger partial charge is 0.462 e. The van der Waals surface area contributed by atoms with E-state index in [0.717, 1.165) is 0 Å². The first-order chi connectivity index (χ1) is 6.15. The van der Waals surface area contributed by atoms with Crippen molar-refractivity contribution in [1.29, 1.82) is 0 Å². The number of esters is 1. The molecular formula is C8H9N2NaO3. The molecule has 0 unspecified atom stereocenters. The van der Waals surface area contributed by atoms with Gasteiger partial charge in [-0.15, -0.1) is 0 Å². The van der Waals surface area contributed by atoms with Crippen molar-refractivity contribution in [2.75, 3.05) is 6.61 Å². The van der Waals surface area contributed by atoms with Crippen LogP contribution >= 0.6 is 0 Å². The van der Waals surface area contributed by atoms with Gasteiger partial charge in [0.1, 0.15) is 0 Å². The Labute approximate surface area is 103 Å². The van der Waals surface area contributed by atoms with Crippen LogP contribution in [0.2, 0.25) is 0 Å². The van der Waals surface area contributed by atoms with Crippen LogP contribution in [0.1, 0.15) is 23.0 Å². The van der Waals surface area contributed by atoms with E-state index in [9.17, 15) is 9.59 Å². The molecule has 0 saturated carbocycles. The molecule has 14 heavy (non-hydrogen) atoms. The van der Waals surface area contributed by atoms with Crippen LogP contribution in [0.25, 0.3) is 0 Å². The van der Waals surface area contributed by atoms with Gasteiger partial charge in [-0.2, -0.15) is 0 Å². The minimum absolute atomic E-state index is 0. The maximum atomic E-state index is 11.2. The second kappa shape index (κ2) is 5.95. The number of ether oxygens (including phenoxy) is 1. The molecule has 1 rings (SSSR count). The number of carbonyl (C=O) groups excluding carboxylic acids is 1. The topological polar surface area (TPSA) is 70.4 Å². The Morgan fingerprint density at radius 3 is 2.79 bits per heavy atom. The zero-order valence-electron chi connectivity index (χ0n) is 8.40. The van der Waals surface area contributed by atoms with Gasteiger partial charge >= 0.3 is 35.5 Å². The molecular weight excluding hydrogens is 195 g/mol. The maximum absolute atomic E-state index is 11.2. The number of rotatable bonds is 2. The fourth-order valence-electron chi connectivity index (χ4n) is 0.855. The van der Waals surface area contributed by atoms with E-state index in [-0.39, 0.29) is 41.7 Å². The Bertz CT molecular complexity index is 375. The summed E-state index contributed by atoms with van der Waals surface area (Å²) < 4.78 is 4.73. The van der Waals surface area contributed by atoms with Crippen molar-refractivity contribution in [3.8, 4) is 0 Å². The van der Waals surface area contributed by atoms with Gasteiger partial charge in [0.25, 0.3) is 0 Å². The first kappa shape index (κ1) is 13.4. The third-order valence-electron chi connectivity index (χ3n) is 1.45. The van der Waals surface area contributed by atoms with E-state index in [4.69, 9.17) is 4.74 Å². The van der Waals surface area contributed by atoms with Crippen molar-refractivity contribution in [2.24, 2.45) is 0 Å². The van der Waals surface area contributed by atoms with Gasteiger partial charge in [-0.25, -0.2) is 4.79 Å². The quantitative estimate of drug-likeness (QED) is 0.376. The van der Waals surface area contributed by atoms with Gasteiger partial charge in [-0.05, 0) is 13.8 Å². The molecule has 0 N–H and O–H groups in total. The fourth-order valence-corrected chi connectivity index (χ4v) is 0.855. The van der Waals surface area contributed by atoms with Crippen LogP contribution in [0, 0.1) is 6.92 Å². The normalized spacial score (nSPS) is 9.00. The molecule has 6 heteroatoms. The molecule has 0 radical (unpaired) electrons. The van der Waals surface area contributed by atoms with Crippen molar-refractivity contribution in [3.63, 3.8) is 0 Å². The van der Waals surface area contributed by atoms with Crippen LogP contribution < -0.4 is 40.2 Å². The van der Waals surface area contributed by atoms with E-state index >= 15 is 0 Å². The first-order valence-corrected chi connectivity index (χ1v) is 3.83. The minimum atomic E-state index is -0.592. The van der Waals surface area contributed by atoms with Gasteiger partial charge < -0.3 is 14.7 Å². The maximum Gasteiger partial charge on any atom is 1.00 e. The molecule has 0 atom stereocenters. The summed E-state index contributed by atoms with van der Waals surface area (Å²) in [6.45, 7) is 3.56. The van der Waals surface area contributed by atoms with E-state index in [1.165, 1.54) is 6.20 Å². The Morgan fingerprint density at radius 2 is 2.29 bits per heavy atom. The first-order valence-electron chi connectivity index (χ1n) is 3.83. The second-order valence-corrected chi connectivity index (χ2v) is 2.37. The predicted molar refractivity (Wildman–Crippen MR) is 44.5 cm³/mol. The summed E-state index contributed by atoms with van der Waals surface area (Å²) in [5.74, 6) is -0.500. The molecule has 70 valence electrons. The number of aryl methyl sites for hydroxylation is 1. The molecule has 0 aliphatic heterocycles. The van der Waals surface area contributed by atoms with Crippen molar-refractivity contribution >= 4 is 5.97 Å². The van der Waals surface area contributed by atoms with E-state index in [1.54, 1.807) is 13.8 Å². The summed E-state index contributed by atoms with van der Waals surface area (Å²) >= 11 is 0. The standard InChI is InChI=1S/C8H10N2O3.Na/c1-3-13-7(11)6-4-9-8(12)10-5(6)2;/h4H,3H2,1-2H3,(H,9,10,11,12);/q;+1/p-1. The number of hydrogen-bond acceptors (Lipinski definition) is 4. The van der Waals surface area contributed by atoms with Crippen molar-refractivity contribution in [2.45, 2.75) is 13.8 Å². The third kappa shape index (κ3) is 3.25. The number of nitrogens with zero attached hydrogens (tertiary/aromatic N) is 2. The summed E-state index contributed by atoms with van der Waals surface area (Å²) in [6, 6.07) is 0. The Balaban J connectivity index is 0.00000169. The second-order valence-electron chi connectivity index (χ2n) is 2.37. The predicted octanol–water partition coefficient (Wildman–Crippen LogP) is -3.11. The Morgan fingerprint density at radius 1 is 1.64 bits per heavy atom. The summed E-state index contributed by atoms with van der Waals surface area (Å²) in [6.07, 6.45) is 1.18. The number of hydrogen-bond donors (Lipinski definition) is 0. The van der Waals surface area contributed by atoms with E-state index in [2.05, 4.69) is 9.97 Å². The van der Waals surface area contributed by atoms with Crippen LogP contribution in [0.15, 0.2) is 11.0 Å². The van der Waals surface area contributed by atoms with Crippen molar-refractivity contribution in [3.05, 3.63) is 27.9 Å².